The number of nitrogens with zero attached hydrogens (tertiary/aromatic N) is 2. The van der Waals surface area contributed by atoms with Gasteiger partial charge in [-0.15, -0.1) is 4.40 Å². The van der Waals surface area contributed by atoms with Crippen molar-refractivity contribution in [2.45, 2.75) is 11.4 Å². The molecule has 28 heavy (non-hydrogen) atoms. The van der Waals surface area contributed by atoms with Gasteiger partial charge in [-0.05, 0) is 36.4 Å². The number of fused-ring (bicyclic) bond motifs is 1. The van der Waals surface area contributed by atoms with E-state index in [0.717, 1.165) is 4.70 Å². The third kappa shape index (κ3) is 4.02. The van der Waals surface area contributed by atoms with Crippen molar-refractivity contribution in [1.29, 1.82) is 0 Å². The summed E-state index contributed by atoms with van der Waals surface area (Å²) in [5, 5.41) is 0.449. The molecule has 1 aromatic heterocycles. The summed E-state index contributed by atoms with van der Waals surface area (Å²) in [6.07, 6.45) is 0. The average Bonchev–Trinajstić information content (AvgIpc) is 3.03. The molecule has 0 fully saturated rings. The van der Waals surface area contributed by atoms with E-state index >= 15 is 0 Å². The molecule has 0 aliphatic heterocycles. The minimum Gasteiger partial charge on any atom is -0.495 e. The summed E-state index contributed by atoms with van der Waals surface area (Å²) in [7, 11) is 0.760. The van der Waals surface area contributed by atoms with E-state index in [9.17, 15) is 8.42 Å². The van der Waals surface area contributed by atoms with Crippen molar-refractivity contribution in [3.8, 4) is 11.5 Å². The van der Waals surface area contributed by atoms with E-state index in [1.54, 1.807) is 38.0 Å². The van der Waals surface area contributed by atoms with Gasteiger partial charge >= 0.3 is 0 Å². The summed E-state index contributed by atoms with van der Waals surface area (Å²) < 4.78 is 48.3. The van der Waals surface area contributed by atoms with Gasteiger partial charge in [-0.3, -0.25) is 0 Å². The molecule has 0 bridgehead atoms. The maximum Gasteiger partial charge on any atom is 0.285 e. The van der Waals surface area contributed by atoms with Crippen molar-refractivity contribution in [2.24, 2.45) is 4.40 Å². The number of sulfonamides is 1. The first-order valence-corrected chi connectivity index (χ1v) is 10.8. The Bertz CT molecular complexity index is 1150. The van der Waals surface area contributed by atoms with Crippen LogP contribution in [-0.2, 0) is 21.3 Å². The molecule has 0 aliphatic carbocycles. The molecule has 0 aliphatic rings. The van der Waals surface area contributed by atoms with Crippen LogP contribution in [0.4, 0.5) is 0 Å². The van der Waals surface area contributed by atoms with Crippen LogP contribution in [0.1, 0.15) is 0 Å². The lowest BCUT2D eigenvalue weighted by Crippen LogP contribution is -2.19. The fourth-order valence-electron chi connectivity index (χ4n) is 2.68. The second-order valence-electron chi connectivity index (χ2n) is 5.70. The van der Waals surface area contributed by atoms with Gasteiger partial charge < -0.3 is 18.8 Å². The summed E-state index contributed by atoms with van der Waals surface area (Å²) in [5.41, 5.74) is 0.703. The topological polar surface area (TPSA) is 79.1 Å². The standard InChI is InChI=1S/C18H19ClN2O5S2/c1-24-11-10-21-16-14(25-2)8-9-15(26-3)17(16)27-18(21)20-28(22,23)13-6-4-12(19)5-7-13/h4-9H,10-11H2,1-3H3. The Labute approximate surface area is 171 Å². The lowest BCUT2D eigenvalue weighted by molar-refractivity contribution is 0.187. The number of ether oxygens (including phenoxy) is 3. The second kappa shape index (κ2) is 8.52. The van der Waals surface area contributed by atoms with Crippen LogP contribution in [0.25, 0.3) is 10.2 Å². The number of benzene rings is 2. The zero-order valence-electron chi connectivity index (χ0n) is 15.5. The van der Waals surface area contributed by atoms with Crippen LogP contribution < -0.4 is 14.3 Å². The molecular formula is C18H19ClN2O5S2. The Morgan fingerprint density at radius 2 is 1.68 bits per heavy atom. The molecule has 10 heteroatoms. The molecular weight excluding hydrogens is 424 g/mol. The van der Waals surface area contributed by atoms with Gasteiger partial charge in [0.15, 0.2) is 0 Å². The molecule has 2 aromatic carbocycles. The second-order valence-corrected chi connectivity index (χ2v) is 8.72. The van der Waals surface area contributed by atoms with Gasteiger partial charge in [0.25, 0.3) is 10.0 Å². The Hall–Kier alpha value is -2.07. The number of thiazole rings is 1. The number of hydrogen-bond acceptors (Lipinski definition) is 6. The van der Waals surface area contributed by atoms with Crippen LogP contribution in [0.5, 0.6) is 11.5 Å². The molecule has 0 spiro atoms. The molecule has 150 valence electrons. The molecule has 3 aromatic rings. The Morgan fingerprint density at radius 1 is 1.04 bits per heavy atom. The van der Waals surface area contributed by atoms with Gasteiger partial charge in [-0.25, -0.2) is 0 Å². The summed E-state index contributed by atoms with van der Waals surface area (Å²) in [5.74, 6) is 1.20. The molecule has 0 amide bonds. The third-order valence-corrected chi connectivity index (χ3v) is 6.76. The maximum absolute atomic E-state index is 12.8. The fraction of sp³-hybridized carbons (Fsp3) is 0.278. The highest BCUT2D eigenvalue weighted by Crippen LogP contribution is 2.35. The van der Waals surface area contributed by atoms with E-state index in [0.29, 0.717) is 40.0 Å². The van der Waals surface area contributed by atoms with E-state index in [1.165, 1.54) is 35.6 Å². The van der Waals surface area contributed by atoms with E-state index in [4.69, 9.17) is 25.8 Å². The minimum atomic E-state index is -3.93. The van der Waals surface area contributed by atoms with Crippen LogP contribution in [0.2, 0.25) is 5.02 Å². The molecule has 0 unspecified atom stereocenters. The smallest absolute Gasteiger partial charge is 0.285 e. The average molecular weight is 443 g/mol. The molecule has 0 N–H and O–H groups in total. The molecule has 0 saturated carbocycles. The van der Waals surface area contributed by atoms with Crippen LogP contribution in [0.3, 0.4) is 0 Å². The maximum atomic E-state index is 12.8. The van der Waals surface area contributed by atoms with Crippen LogP contribution in [0, 0.1) is 0 Å². The largest absolute Gasteiger partial charge is 0.495 e. The van der Waals surface area contributed by atoms with Crippen LogP contribution >= 0.6 is 22.9 Å². The van der Waals surface area contributed by atoms with E-state index in [1.807, 2.05) is 0 Å². The lowest BCUT2D eigenvalue weighted by Gasteiger charge is -2.09. The Balaban J connectivity index is 2.30. The van der Waals surface area contributed by atoms with Crippen LogP contribution in [0.15, 0.2) is 45.7 Å². The normalized spacial score (nSPS) is 12.5. The SMILES string of the molecule is COCCn1c(=NS(=O)(=O)c2ccc(Cl)cc2)sc2c(OC)ccc(OC)c21. The number of aromatic nitrogens is 1. The van der Waals surface area contributed by atoms with Gasteiger partial charge in [0.2, 0.25) is 4.80 Å². The van der Waals surface area contributed by atoms with Crippen molar-refractivity contribution in [3.63, 3.8) is 0 Å². The third-order valence-electron chi connectivity index (χ3n) is 4.02. The quantitative estimate of drug-likeness (QED) is 0.560. The summed E-state index contributed by atoms with van der Waals surface area (Å²) >= 11 is 7.07. The van der Waals surface area contributed by atoms with Crippen molar-refractivity contribution in [1.82, 2.24) is 4.57 Å². The predicted octanol–water partition coefficient (Wildman–Crippen LogP) is 3.31. The van der Waals surface area contributed by atoms with Crippen molar-refractivity contribution < 1.29 is 22.6 Å². The Kier molecular flexibility index (Phi) is 6.29. The Morgan fingerprint density at radius 3 is 2.29 bits per heavy atom. The number of hydrogen-bond donors (Lipinski definition) is 0. The minimum absolute atomic E-state index is 0.0616. The summed E-state index contributed by atoms with van der Waals surface area (Å²) in [6, 6.07) is 9.43. The zero-order valence-corrected chi connectivity index (χ0v) is 17.9. The van der Waals surface area contributed by atoms with Crippen molar-refractivity contribution >= 4 is 43.2 Å². The van der Waals surface area contributed by atoms with Crippen LogP contribution in [-0.4, -0.2) is 40.9 Å². The van der Waals surface area contributed by atoms with Crippen molar-refractivity contribution in [3.05, 3.63) is 46.2 Å². The monoisotopic (exact) mass is 442 g/mol. The highest BCUT2D eigenvalue weighted by molar-refractivity contribution is 7.90. The van der Waals surface area contributed by atoms with Gasteiger partial charge in [-0.2, -0.15) is 8.42 Å². The molecule has 7 nitrogen and oxygen atoms in total. The molecule has 0 atom stereocenters. The summed E-state index contributed by atoms with van der Waals surface area (Å²) in [4.78, 5) is 0.358. The highest BCUT2D eigenvalue weighted by atomic mass is 35.5. The van der Waals surface area contributed by atoms with Crippen molar-refractivity contribution in [2.75, 3.05) is 27.9 Å². The number of rotatable bonds is 7. The van der Waals surface area contributed by atoms with Gasteiger partial charge in [0, 0.05) is 18.7 Å². The van der Waals surface area contributed by atoms with Gasteiger partial charge in [0.05, 0.1) is 25.7 Å². The predicted molar refractivity (Wildman–Crippen MR) is 109 cm³/mol. The van der Waals surface area contributed by atoms with E-state index in [2.05, 4.69) is 4.40 Å². The first-order chi connectivity index (χ1) is 13.4. The zero-order chi connectivity index (χ0) is 20.3. The molecule has 0 radical (unpaired) electrons. The van der Waals surface area contributed by atoms with Gasteiger partial charge in [-0.1, -0.05) is 22.9 Å². The number of halogens is 1. The summed E-state index contributed by atoms with van der Waals surface area (Å²) in [6.45, 7) is 0.773. The number of methoxy groups -OCH3 is 3. The fourth-order valence-corrected chi connectivity index (χ4v) is 5.17. The molecule has 3 rings (SSSR count). The first kappa shape index (κ1) is 20.7. The molecule has 0 saturated heterocycles. The van der Waals surface area contributed by atoms with E-state index < -0.39 is 10.0 Å². The van der Waals surface area contributed by atoms with Gasteiger partial charge in [0.1, 0.15) is 21.7 Å². The highest BCUT2D eigenvalue weighted by Gasteiger charge is 2.19. The first-order valence-electron chi connectivity index (χ1n) is 8.21. The lowest BCUT2D eigenvalue weighted by atomic mass is 10.3. The van der Waals surface area contributed by atoms with E-state index in [-0.39, 0.29) is 4.90 Å². The molecule has 1 heterocycles.